The van der Waals surface area contributed by atoms with E-state index in [2.05, 4.69) is 36.2 Å². The molecule has 0 bridgehead atoms. The molecule has 0 aliphatic carbocycles. The predicted octanol–water partition coefficient (Wildman–Crippen LogP) is 3.15. The summed E-state index contributed by atoms with van der Waals surface area (Å²) in [5.74, 6) is -0.283. The molecule has 2 aromatic carbocycles. The van der Waals surface area contributed by atoms with Gasteiger partial charge in [0.25, 0.3) is 0 Å². The van der Waals surface area contributed by atoms with Crippen LogP contribution in [0.2, 0.25) is 0 Å². The average Bonchev–Trinajstić information content (AvgIpc) is 2.53. The molecule has 0 heterocycles. The fourth-order valence-corrected chi connectivity index (χ4v) is 2.27. The minimum atomic E-state index is -0.283. The van der Waals surface area contributed by atoms with Gasteiger partial charge in [0.05, 0.1) is 12.7 Å². The molecule has 0 fully saturated rings. The van der Waals surface area contributed by atoms with Crippen LogP contribution in [0.3, 0.4) is 0 Å². The van der Waals surface area contributed by atoms with Gasteiger partial charge in [-0.25, -0.2) is 4.79 Å². The number of carbonyl (C=O) groups excluding carboxylic acids is 1. The van der Waals surface area contributed by atoms with E-state index in [9.17, 15) is 4.79 Å². The van der Waals surface area contributed by atoms with E-state index in [4.69, 9.17) is 4.74 Å². The molecule has 0 saturated carbocycles. The quantitative estimate of drug-likeness (QED) is 0.763. The number of ether oxygens (including phenoxy) is 1. The number of rotatable bonds is 6. The highest BCUT2D eigenvalue weighted by molar-refractivity contribution is 5.89. The van der Waals surface area contributed by atoms with Gasteiger partial charge in [-0.1, -0.05) is 42.5 Å². The Morgan fingerprint density at radius 1 is 1.05 bits per heavy atom. The number of nitrogens with zero attached hydrogens (tertiary/aromatic N) is 1. The predicted molar refractivity (Wildman–Crippen MR) is 84.3 cm³/mol. The number of hydrogen-bond donors (Lipinski definition) is 0. The van der Waals surface area contributed by atoms with Gasteiger partial charge in [0.1, 0.15) is 0 Å². The van der Waals surface area contributed by atoms with Gasteiger partial charge in [-0.2, -0.15) is 0 Å². The molecule has 0 aromatic heterocycles. The first kappa shape index (κ1) is 15.3. The lowest BCUT2D eigenvalue weighted by molar-refractivity contribution is 0.0600. The average molecular weight is 283 g/mol. The Kier molecular flexibility index (Phi) is 5.52. The van der Waals surface area contributed by atoms with Crippen LogP contribution in [0.1, 0.15) is 21.5 Å². The fourth-order valence-electron chi connectivity index (χ4n) is 2.27. The topological polar surface area (TPSA) is 29.5 Å². The van der Waals surface area contributed by atoms with Crippen LogP contribution >= 0.6 is 0 Å². The lowest BCUT2D eigenvalue weighted by Gasteiger charge is -2.16. The van der Waals surface area contributed by atoms with Crippen LogP contribution in [0.15, 0.2) is 54.6 Å². The van der Waals surface area contributed by atoms with E-state index in [1.807, 2.05) is 24.3 Å². The van der Waals surface area contributed by atoms with Crippen molar-refractivity contribution in [2.45, 2.75) is 13.0 Å². The first-order valence-electron chi connectivity index (χ1n) is 7.09. The first-order valence-corrected chi connectivity index (χ1v) is 7.09. The molecule has 110 valence electrons. The van der Waals surface area contributed by atoms with Crippen molar-refractivity contribution in [2.75, 3.05) is 20.7 Å². The largest absolute Gasteiger partial charge is 0.465 e. The van der Waals surface area contributed by atoms with Gasteiger partial charge in [0.2, 0.25) is 0 Å². The molecule has 0 N–H and O–H groups in total. The first-order chi connectivity index (χ1) is 10.2. The van der Waals surface area contributed by atoms with E-state index in [0.717, 1.165) is 25.1 Å². The Labute approximate surface area is 126 Å². The Balaban J connectivity index is 1.89. The molecule has 0 saturated heterocycles. The molecule has 0 aliphatic rings. The summed E-state index contributed by atoms with van der Waals surface area (Å²) in [7, 11) is 3.51. The van der Waals surface area contributed by atoms with Gasteiger partial charge in [-0.05, 0) is 36.7 Å². The highest BCUT2D eigenvalue weighted by Gasteiger charge is 2.06. The van der Waals surface area contributed by atoms with E-state index < -0.39 is 0 Å². The van der Waals surface area contributed by atoms with Crippen LogP contribution in [-0.4, -0.2) is 31.6 Å². The van der Waals surface area contributed by atoms with E-state index in [-0.39, 0.29) is 5.97 Å². The summed E-state index contributed by atoms with van der Waals surface area (Å²) in [6, 6.07) is 18.0. The molecular formula is C18H21NO2. The van der Waals surface area contributed by atoms with Crippen molar-refractivity contribution in [3.8, 4) is 0 Å². The molecule has 21 heavy (non-hydrogen) atoms. The zero-order valence-corrected chi connectivity index (χ0v) is 12.6. The molecule has 2 aromatic rings. The second kappa shape index (κ2) is 7.60. The standard InChI is InChI=1S/C18H21NO2/c1-19(14-16-7-4-3-5-8-16)12-11-15-9-6-10-17(13-15)18(20)21-2/h3-10,13H,11-12,14H2,1-2H3. The van der Waals surface area contributed by atoms with Crippen molar-refractivity contribution in [1.82, 2.24) is 4.90 Å². The third-order valence-corrected chi connectivity index (χ3v) is 3.43. The Morgan fingerprint density at radius 2 is 1.76 bits per heavy atom. The maximum absolute atomic E-state index is 11.5. The van der Waals surface area contributed by atoms with Crippen LogP contribution < -0.4 is 0 Å². The summed E-state index contributed by atoms with van der Waals surface area (Å²) in [4.78, 5) is 13.8. The maximum atomic E-state index is 11.5. The summed E-state index contributed by atoms with van der Waals surface area (Å²) in [6.45, 7) is 1.87. The maximum Gasteiger partial charge on any atom is 0.337 e. The molecule has 2 rings (SSSR count). The summed E-state index contributed by atoms with van der Waals surface area (Å²) in [5, 5.41) is 0. The molecule has 3 heteroatoms. The Hall–Kier alpha value is -2.13. The summed E-state index contributed by atoms with van der Waals surface area (Å²) >= 11 is 0. The third kappa shape index (κ3) is 4.72. The highest BCUT2D eigenvalue weighted by Crippen LogP contribution is 2.09. The lowest BCUT2D eigenvalue weighted by Crippen LogP contribution is -2.20. The number of likely N-dealkylation sites (N-methyl/N-ethyl adjacent to an activating group) is 1. The van der Waals surface area contributed by atoms with E-state index in [1.165, 1.54) is 12.7 Å². The van der Waals surface area contributed by atoms with E-state index in [1.54, 1.807) is 6.07 Å². The second-order valence-corrected chi connectivity index (χ2v) is 5.17. The van der Waals surface area contributed by atoms with E-state index in [0.29, 0.717) is 5.56 Å². The second-order valence-electron chi connectivity index (χ2n) is 5.17. The summed E-state index contributed by atoms with van der Waals surface area (Å²) < 4.78 is 4.75. The van der Waals surface area contributed by atoms with E-state index >= 15 is 0 Å². The smallest absolute Gasteiger partial charge is 0.337 e. The number of methoxy groups -OCH3 is 1. The van der Waals surface area contributed by atoms with Crippen LogP contribution in [0.25, 0.3) is 0 Å². The van der Waals surface area contributed by atoms with Gasteiger partial charge in [0, 0.05) is 13.1 Å². The fraction of sp³-hybridized carbons (Fsp3) is 0.278. The Bertz CT molecular complexity index is 581. The highest BCUT2D eigenvalue weighted by atomic mass is 16.5. The van der Waals surface area contributed by atoms with Crippen LogP contribution in [-0.2, 0) is 17.7 Å². The van der Waals surface area contributed by atoms with Crippen molar-refractivity contribution >= 4 is 5.97 Å². The van der Waals surface area contributed by atoms with Gasteiger partial charge in [-0.3, -0.25) is 0 Å². The number of hydrogen-bond acceptors (Lipinski definition) is 3. The molecular weight excluding hydrogens is 262 g/mol. The van der Waals surface area contributed by atoms with Crippen molar-refractivity contribution < 1.29 is 9.53 Å². The molecule has 0 atom stereocenters. The molecule has 0 radical (unpaired) electrons. The van der Waals surface area contributed by atoms with Gasteiger partial charge < -0.3 is 9.64 Å². The molecule has 3 nitrogen and oxygen atoms in total. The van der Waals surface area contributed by atoms with Gasteiger partial charge in [-0.15, -0.1) is 0 Å². The number of esters is 1. The lowest BCUT2D eigenvalue weighted by atomic mass is 10.1. The monoisotopic (exact) mass is 283 g/mol. The normalized spacial score (nSPS) is 10.6. The molecule has 0 amide bonds. The minimum absolute atomic E-state index is 0.283. The summed E-state index contributed by atoms with van der Waals surface area (Å²) in [6.07, 6.45) is 0.911. The number of carbonyl (C=O) groups is 1. The number of benzene rings is 2. The zero-order chi connectivity index (χ0) is 15.1. The van der Waals surface area contributed by atoms with Crippen molar-refractivity contribution in [1.29, 1.82) is 0 Å². The van der Waals surface area contributed by atoms with Crippen LogP contribution in [0.5, 0.6) is 0 Å². The molecule has 0 unspecified atom stereocenters. The minimum Gasteiger partial charge on any atom is -0.465 e. The summed E-state index contributed by atoms with van der Waals surface area (Å²) in [5.41, 5.74) is 3.07. The van der Waals surface area contributed by atoms with Gasteiger partial charge in [0.15, 0.2) is 0 Å². The van der Waals surface area contributed by atoms with Crippen molar-refractivity contribution in [3.05, 3.63) is 71.3 Å². The van der Waals surface area contributed by atoms with Crippen LogP contribution in [0.4, 0.5) is 0 Å². The van der Waals surface area contributed by atoms with Crippen LogP contribution in [0, 0.1) is 0 Å². The Morgan fingerprint density at radius 3 is 2.48 bits per heavy atom. The zero-order valence-electron chi connectivity index (χ0n) is 12.6. The van der Waals surface area contributed by atoms with Crippen molar-refractivity contribution in [3.63, 3.8) is 0 Å². The third-order valence-electron chi connectivity index (χ3n) is 3.43. The van der Waals surface area contributed by atoms with Gasteiger partial charge >= 0.3 is 5.97 Å². The van der Waals surface area contributed by atoms with Crippen molar-refractivity contribution in [2.24, 2.45) is 0 Å². The molecule has 0 aliphatic heterocycles. The SMILES string of the molecule is COC(=O)c1cccc(CCN(C)Cc2ccccc2)c1. The molecule has 0 spiro atoms.